The Bertz CT molecular complexity index is 714. The summed E-state index contributed by atoms with van der Waals surface area (Å²) >= 11 is 1.60. The normalized spacial score (nSPS) is 15.1. The highest BCUT2D eigenvalue weighted by Gasteiger charge is 2.19. The summed E-state index contributed by atoms with van der Waals surface area (Å²) in [4.78, 5) is 22.4. The molecule has 0 atom stereocenters. The number of rotatable bonds is 7. The van der Waals surface area contributed by atoms with Crippen LogP contribution in [-0.4, -0.2) is 53.9 Å². The van der Waals surface area contributed by atoms with E-state index >= 15 is 0 Å². The van der Waals surface area contributed by atoms with Gasteiger partial charge in [0.05, 0.1) is 0 Å². The van der Waals surface area contributed by atoms with Gasteiger partial charge in [-0.2, -0.15) is 0 Å². The Balaban J connectivity index is 1.50. The van der Waals surface area contributed by atoms with Crippen LogP contribution in [0.3, 0.4) is 0 Å². The smallest absolute Gasteiger partial charge is 0.253 e. The molecule has 1 aliphatic rings. The van der Waals surface area contributed by atoms with E-state index in [1.54, 1.807) is 18.0 Å². The van der Waals surface area contributed by atoms with E-state index in [9.17, 15) is 4.79 Å². The van der Waals surface area contributed by atoms with Gasteiger partial charge < -0.3 is 9.80 Å². The predicted octanol–water partition coefficient (Wildman–Crippen LogP) is 4.57. The molecule has 1 heterocycles. The molecule has 0 unspecified atom stereocenters. The van der Waals surface area contributed by atoms with Crippen molar-refractivity contribution in [3.05, 3.63) is 54.2 Å². The van der Waals surface area contributed by atoms with Crippen LogP contribution >= 0.6 is 11.8 Å². The average Bonchev–Trinajstić information content (AvgIpc) is 2.73. The fraction of sp³-hybridized carbons (Fsp3) is 0.455. The highest BCUT2D eigenvalue weighted by Crippen LogP contribution is 2.26. The molecule has 27 heavy (non-hydrogen) atoms. The monoisotopic (exact) mass is 383 g/mol. The third kappa shape index (κ3) is 5.81. The van der Waals surface area contributed by atoms with Crippen molar-refractivity contribution in [2.24, 2.45) is 0 Å². The SMILES string of the molecule is CN(CCN(C)C1CCCCC1)C(=O)c1ccc(Sc2ccccn2)cc1. The van der Waals surface area contributed by atoms with E-state index in [0.29, 0.717) is 6.04 Å². The van der Waals surface area contributed by atoms with Gasteiger partial charge in [0.2, 0.25) is 0 Å². The van der Waals surface area contributed by atoms with Crippen LogP contribution < -0.4 is 0 Å². The van der Waals surface area contributed by atoms with Crippen LogP contribution in [0.4, 0.5) is 0 Å². The van der Waals surface area contributed by atoms with Gasteiger partial charge >= 0.3 is 0 Å². The highest BCUT2D eigenvalue weighted by atomic mass is 32.2. The van der Waals surface area contributed by atoms with E-state index in [2.05, 4.69) is 16.9 Å². The maximum absolute atomic E-state index is 12.7. The minimum absolute atomic E-state index is 0.0847. The van der Waals surface area contributed by atoms with Crippen LogP contribution in [-0.2, 0) is 0 Å². The minimum atomic E-state index is 0.0847. The zero-order valence-electron chi connectivity index (χ0n) is 16.3. The lowest BCUT2D eigenvalue weighted by atomic mass is 9.94. The molecule has 2 aromatic rings. The maximum Gasteiger partial charge on any atom is 0.253 e. The lowest BCUT2D eigenvalue weighted by Gasteiger charge is -2.32. The summed E-state index contributed by atoms with van der Waals surface area (Å²) in [6.45, 7) is 1.69. The highest BCUT2D eigenvalue weighted by molar-refractivity contribution is 7.99. The number of hydrogen-bond donors (Lipinski definition) is 0. The molecule has 144 valence electrons. The fourth-order valence-corrected chi connectivity index (χ4v) is 4.30. The molecule has 5 heteroatoms. The summed E-state index contributed by atoms with van der Waals surface area (Å²) in [5.74, 6) is 0.0847. The number of hydrogen-bond acceptors (Lipinski definition) is 4. The summed E-state index contributed by atoms with van der Waals surface area (Å²) in [7, 11) is 4.09. The lowest BCUT2D eigenvalue weighted by molar-refractivity contribution is 0.0767. The molecule has 1 amide bonds. The summed E-state index contributed by atoms with van der Waals surface area (Å²) in [5, 5.41) is 0.958. The molecule has 0 bridgehead atoms. The van der Waals surface area contributed by atoms with E-state index in [-0.39, 0.29) is 5.91 Å². The molecular weight excluding hydrogens is 354 g/mol. The molecule has 1 aromatic carbocycles. The Morgan fingerprint density at radius 1 is 1.04 bits per heavy atom. The van der Waals surface area contributed by atoms with Gasteiger partial charge in [0.25, 0.3) is 5.91 Å². The zero-order valence-corrected chi connectivity index (χ0v) is 17.1. The van der Waals surface area contributed by atoms with Gasteiger partial charge in [-0.3, -0.25) is 4.79 Å². The molecule has 3 rings (SSSR count). The van der Waals surface area contributed by atoms with Crippen molar-refractivity contribution in [2.45, 2.75) is 48.1 Å². The number of carbonyl (C=O) groups excluding carboxylic acids is 1. The standard InChI is InChI=1S/C22H29N3OS/c1-24(19-8-4-3-5-9-19)16-17-25(2)22(26)18-11-13-20(14-12-18)27-21-10-6-7-15-23-21/h6-7,10-15,19H,3-5,8-9,16-17H2,1-2H3. The molecule has 1 fully saturated rings. The minimum Gasteiger partial charge on any atom is -0.340 e. The van der Waals surface area contributed by atoms with E-state index in [4.69, 9.17) is 0 Å². The number of carbonyl (C=O) groups is 1. The first-order valence-corrected chi connectivity index (χ1v) is 10.6. The predicted molar refractivity (Wildman–Crippen MR) is 111 cm³/mol. The first-order chi connectivity index (χ1) is 13.1. The Morgan fingerprint density at radius 3 is 2.44 bits per heavy atom. The topological polar surface area (TPSA) is 36.4 Å². The van der Waals surface area contributed by atoms with Gasteiger partial charge in [-0.05, 0) is 56.3 Å². The molecule has 0 radical (unpaired) electrons. The Labute approximate surface area is 167 Å². The van der Waals surface area contributed by atoms with Crippen LogP contribution in [0.25, 0.3) is 0 Å². The first kappa shape index (κ1) is 19.9. The van der Waals surface area contributed by atoms with Gasteiger partial charge in [-0.1, -0.05) is 37.1 Å². The zero-order chi connectivity index (χ0) is 19.1. The second-order valence-corrected chi connectivity index (χ2v) is 8.39. The van der Waals surface area contributed by atoms with Crippen LogP contribution in [0.2, 0.25) is 0 Å². The summed E-state index contributed by atoms with van der Waals surface area (Å²) in [5.41, 5.74) is 0.739. The third-order valence-electron chi connectivity index (χ3n) is 5.29. The molecule has 1 saturated carbocycles. The molecule has 0 saturated heterocycles. The van der Waals surface area contributed by atoms with Crippen molar-refractivity contribution in [3.8, 4) is 0 Å². The van der Waals surface area contributed by atoms with Gasteiger partial charge in [-0.15, -0.1) is 0 Å². The largest absolute Gasteiger partial charge is 0.340 e. The fourth-order valence-electron chi connectivity index (χ4n) is 3.53. The van der Waals surface area contributed by atoms with E-state index in [1.165, 1.54) is 32.1 Å². The van der Waals surface area contributed by atoms with E-state index < -0.39 is 0 Å². The Morgan fingerprint density at radius 2 is 1.78 bits per heavy atom. The van der Waals surface area contributed by atoms with Gasteiger partial charge in [0, 0.05) is 42.8 Å². The molecule has 4 nitrogen and oxygen atoms in total. The van der Waals surface area contributed by atoms with Crippen molar-refractivity contribution >= 4 is 17.7 Å². The van der Waals surface area contributed by atoms with E-state index in [0.717, 1.165) is 28.6 Å². The number of likely N-dealkylation sites (N-methyl/N-ethyl adjacent to an activating group) is 2. The lowest BCUT2D eigenvalue weighted by Crippen LogP contribution is -2.40. The van der Waals surface area contributed by atoms with Crippen LogP contribution in [0, 0.1) is 0 Å². The van der Waals surface area contributed by atoms with Crippen molar-refractivity contribution in [3.63, 3.8) is 0 Å². The summed E-state index contributed by atoms with van der Waals surface area (Å²) in [6, 6.07) is 14.4. The quantitative estimate of drug-likeness (QED) is 0.702. The summed E-state index contributed by atoms with van der Waals surface area (Å²) < 4.78 is 0. The van der Waals surface area contributed by atoms with Gasteiger partial charge in [0.1, 0.15) is 5.03 Å². The van der Waals surface area contributed by atoms with Crippen LogP contribution in [0.1, 0.15) is 42.5 Å². The third-order valence-corrected chi connectivity index (χ3v) is 6.25. The number of amides is 1. The van der Waals surface area contributed by atoms with Crippen molar-refractivity contribution < 1.29 is 4.79 Å². The summed E-state index contributed by atoms with van der Waals surface area (Å²) in [6.07, 6.45) is 8.43. The van der Waals surface area contributed by atoms with Gasteiger partial charge in [0.15, 0.2) is 0 Å². The van der Waals surface area contributed by atoms with Gasteiger partial charge in [-0.25, -0.2) is 4.98 Å². The van der Waals surface area contributed by atoms with E-state index in [1.807, 2.05) is 54.4 Å². The first-order valence-electron chi connectivity index (χ1n) is 9.78. The van der Waals surface area contributed by atoms with Crippen molar-refractivity contribution in [2.75, 3.05) is 27.2 Å². The molecule has 0 aliphatic heterocycles. The van der Waals surface area contributed by atoms with Crippen LogP contribution in [0.5, 0.6) is 0 Å². The second-order valence-electron chi connectivity index (χ2n) is 7.29. The number of pyridine rings is 1. The molecule has 0 spiro atoms. The second kappa shape index (κ2) is 9.90. The Kier molecular flexibility index (Phi) is 7.30. The molecule has 1 aliphatic carbocycles. The number of nitrogens with zero attached hydrogens (tertiary/aromatic N) is 3. The average molecular weight is 384 g/mol. The van der Waals surface area contributed by atoms with Crippen molar-refractivity contribution in [1.29, 1.82) is 0 Å². The van der Waals surface area contributed by atoms with Crippen LogP contribution in [0.15, 0.2) is 58.6 Å². The molecular formula is C22H29N3OS. The number of benzene rings is 1. The number of aromatic nitrogens is 1. The van der Waals surface area contributed by atoms with Crippen molar-refractivity contribution in [1.82, 2.24) is 14.8 Å². The maximum atomic E-state index is 12.7. The molecule has 0 N–H and O–H groups in total. The molecule has 1 aromatic heterocycles. The Hall–Kier alpha value is -1.85.